The van der Waals surface area contributed by atoms with E-state index in [0.29, 0.717) is 6.07 Å². The number of alkyl halides is 4. The number of ketones is 1. The molecular weight excluding hydrogens is 315 g/mol. The summed E-state index contributed by atoms with van der Waals surface area (Å²) in [6.07, 6.45) is -5.16. The van der Waals surface area contributed by atoms with Crippen molar-refractivity contribution < 1.29 is 31.5 Å². The largest absolute Gasteiger partial charge is 0.573 e. The van der Waals surface area contributed by atoms with E-state index >= 15 is 0 Å². The van der Waals surface area contributed by atoms with Gasteiger partial charge in [0.25, 0.3) is 0 Å². The molecule has 0 fully saturated rings. The van der Waals surface area contributed by atoms with Gasteiger partial charge in [0.1, 0.15) is 5.82 Å². The van der Waals surface area contributed by atoms with E-state index < -0.39 is 35.1 Å². The number of benzene rings is 1. The fraction of sp³-hybridized carbons (Fsp3) is 0.222. The van der Waals surface area contributed by atoms with Gasteiger partial charge in [-0.05, 0) is 6.07 Å². The third kappa shape index (κ3) is 3.65. The summed E-state index contributed by atoms with van der Waals surface area (Å²) in [5, 5.41) is -0.348. The second-order valence-corrected chi connectivity index (χ2v) is 3.43. The van der Waals surface area contributed by atoms with Crippen LogP contribution in [-0.2, 0) is 0 Å². The predicted octanol–water partition coefficient (Wildman–Crippen LogP) is 3.44. The maximum absolute atomic E-state index is 13.4. The zero-order chi connectivity index (χ0) is 13.2. The first-order valence-electron chi connectivity index (χ1n) is 4.08. The van der Waals surface area contributed by atoms with E-state index in [9.17, 15) is 26.7 Å². The van der Waals surface area contributed by atoms with Crippen LogP contribution in [0.25, 0.3) is 0 Å². The average Bonchev–Trinajstić information content (AvgIpc) is 2.19. The molecule has 1 aromatic rings. The van der Waals surface area contributed by atoms with Crippen LogP contribution in [0.4, 0.5) is 22.0 Å². The standard InChI is InChI=1S/C9H4BrF5O2/c10-3-6(16)5-1-4(11)2-7(8(5)12)17-9(13,14)15/h1-2H,3H2. The molecule has 0 heterocycles. The van der Waals surface area contributed by atoms with Gasteiger partial charge in [-0.3, -0.25) is 4.79 Å². The normalized spacial score (nSPS) is 11.4. The molecule has 0 radical (unpaired) electrons. The minimum absolute atomic E-state index is 0.216. The third-order valence-electron chi connectivity index (χ3n) is 1.65. The summed E-state index contributed by atoms with van der Waals surface area (Å²) < 4.78 is 65.1. The summed E-state index contributed by atoms with van der Waals surface area (Å²) in [4.78, 5) is 11.1. The summed E-state index contributed by atoms with van der Waals surface area (Å²) >= 11 is 2.69. The van der Waals surface area contributed by atoms with Crippen LogP contribution < -0.4 is 4.74 Å². The number of carbonyl (C=O) groups excluding carboxylic acids is 1. The van der Waals surface area contributed by atoms with E-state index in [1.165, 1.54) is 0 Å². The van der Waals surface area contributed by atoms with Gasteiger partial charge >= 0.3 is 6.36 Å². The molecule has 0 atom stereocenters. The lowest BCUT2D eigenvalue weighted by atomic mass is 10.1. The molecular formula is C9H4BrF5O2. The molecule has 0 unspecified atom stereocenters. The monoisotopic (exact) mass is 318 g/mol. The van der Waals surface area contributed by atoms with Gasteiger partial charge < -0.3 is 4.74 Å². The van der Waals surface area contributed by atoms with Gasteiger partial charge in [-0.2, -0.15) is 0 Å². The summed E-state index contributed by atoms with van der Waals surface area (Å²) in [5.74, 6) is -5.01. The van der Waals surface area contributed by atoms with Crippen molar-refractivity contribution in [2.24, 2.45) is 0 Å². The topological polar surface area (TPSA) is 26.3 Å². The predicted molar refractivity (Wildman–Crippen MR) is 51.2 cm³/mol. The summed E-state index contributed by atoms with van der Waals surface area (Å²) in [6.45, 7) is 0. The van der Waals surface area contributed by atoms with E-state index in [1.54, 1.807) is 0 Å². The van der Waals surface area contributed by atoms with Gasteiger partial charge in [0.2, 0.25) is 0 Å². The molecule has 17 heavy (non-hydrogen) atoms. The zero-order valence-electron chi connectivity index (χ0n) is 7.95. The highest BCUT2D eigenvalue weighted by atomic mass is 79.9. The maximum atomic E-state index is 13.4. The number of halogens is 6. The number of hydrogen-bond donors (Lipinski definition) is 0. The van der Waals surface area contributed by atoms with Crippen molar-refractivity contribution in [2.45, 2.75) is 6.36 Å². The first kappa shape index (κ1) is 13.9. The smallest absolute Gasteiger partial charge is 0.403 e. The molecule has 0 spiro atoms. The summed E-state index contributed by atoms with van der Waals surface area (Å²) in [6, 6.07) is 0.718. The first-order chi connectivity index (χ1) is 7.74. The number of rotatable bonds is 3. The van der Waals surface area contributed by atoms with Gasteiger partial charge in [-0.15, -0.1) is 13.2 Å². The lowest BCUT2D eigenvalue weighted by molar-refractivity contribution is -0.275. The Morgan fingerprint density at radius 3 is 2.35 bits per heavy atom. The summed E-state index contributed by atoms with van der Waals surface area (Å²) in [7, 11) is 0. The molecule has 1 rings (SSSR count). The van der Waals surface area contributed by atoms with E-state index in [4.69, 9.17) is 0 Å². The highest BCUT2D eigenvalue weighted by Gasteiger charge is 2.33. The Morgan fingerprint density at radius 2 is 1.88 bits per heavy atom. The van der Waals surface area contributed by atoms with Crippen LogP contribution in [0.5, 0.6) is 5.75 Å². The fourth-order valence-corrected chi connectivity index (χ4v) is 1.34. The molecule has 1 aromatic carbocycles. The van der Waals surface area contributed by atoms with Crippen LogP contribution in [0.2, 0.25) is 0 Å². The quantitative estimate of drug-likeness (QED) is 0.485. The molecule has 8 heteroatoms. The molecule has 0 aromatic heterocycles. The highest BCUT2D eigenvalue weighted by molar-refractivity contribution is 9.09. The Hall–Kier alpha value is -1.18. The first-order valence-corrected chi connectivity index (χ1v) is 5.20. The minimum Gasteiger partial charge on any atom is -0.403 e. The second-order valence-electron chi connectivity index (χ2n) is 2.87. The van der Waals surface area contributed by atoms with Crippen molar-refractivity contribution in [2.75, 3.05) is 5.33 Å². The number of hydrogen-bond acceptors (Lipinski definition) is 2. The highest BCUT2D eigenvalue weighted by Crippen LogP contribution is 2.28. The third-order valence-corrected chi connectivity index (χ3v) is 2.16. The molecule has 0 saturated heterocycles. The second kappa shape index (κ2) is 4.99. The molecule has 0 N–H and O–H groups in total. The molecule has 0 bridgehead atoms. The van der Waals surface area contributed by atoms with Crippen LogP contribution in [0, 0.1) is 11.6 Å². The average molecular weight is 319 g/mol. The van der Waals surface area contributed by atoms with Gasteiger partial charge in [0.05, 0.1) is 10.9 Å². The van der Waals surface area contributed by atoms with Crippen molar-refractivity contribution in [3.63, 3.8) is 0 Å². The lowest BCUT2D eigenvalue weighted by Crippen LogP contribution is -2.19. The van der Waals surface area contributed by atoms with Gasteiger partial charge in [0, 0.05) is 6.07 Å². The van der Waals surface area contributed by atoms with Crippen LogP contribution in [-0.4, -0.2) is 17.5 Å². The Morgan fingerprint density at radius 1 is 1.29 bits per heavy atom. The molecule has 0 saturated carbocycles. The zero-order valence-corrected chi connectivity index (χ0v) is 9.53. The van der Waals surface area contributed by atoms with E-state index in [0.717, 1.165) is 0 Å². The molecule has 94 valence electrons. The Balaban J connectivity index is 3.24. The number of ether oxygens (including phenoxy) is 1. The molecule has 0 aliphatic heterocycles. The van der Waals surface area contributed by atoms with Crippen molar-refractivity contribution >= 4 is 21.7 Å². The maximum Gasteiger partial charge on any atom is 0.573 e. The molecule has 2 nitrogen and oxygen atoms in total. The van der Waals surface area contributed by atoms with Crippen molar-refractivity contribution in [1.29, 1.82) is 0 Å². The molecule has 0 aliphatic carbocycles. The van der Waals surface area contributed by atoms with Crippen LogP contribution in [0.1, 0.15) is 10.4 Å². The SMILES string of the molecule is O=C(CBr)c1cc(F)cc(OC(F)(F)F)c1F. The van der Waals surface area contributed by atoms with Crippen LogP contribution >= 0.6 is 15.9 Å². The molecule has 0 aliphatic rings. The van der Waals surface area contributed by atoms with E-state index in [-0.39, 0.29) is 11.4 Å². The summed E-state index contributed by atoms with van der Waals surface area (Å²) in [5.41, 5.74) is -0.805. The van der Waals surface area contributed by atoms with Gasteiger partial charge in [-0.1, -0.05) is 15.9 Å². The van der Waals surface area contributed by atoms with Crippen LogP contribution in [0.15, 0.2) is 12.1 Å². The van der Waals surface area contributed by atoms with Crippen molar-refractivity contribution in [1.82, 2.24) is 0 Å². The fourth-order valence-electron chi connectivity index (χ4n) is 1.04. The van der Waals surface area contributed by atoms with E-state index in [2.05, 4.69) is 20.7 Å². The van der Waals surface area contributed by atoms with Crippen LogP contribution in [0.3, 0.4) is 0 Å². The van der Waals surface area contributed by atoms with Gasteiger partial charge in [0.15, 0.2) is 17.3 Å². The number of carbonyl (C=O) groups is 1. The molecule has 0 amide bonds. The van der Waals surface area contributed by atoms with Crippen molar-refractivity contribution in [3.05, 3.63) is 29.3 Å². The Labute approximate surface area is 100 Å². The minimum atomic E-state index is -5.16. The Bertz CT molecular complexity index is 444. The Kier molecular flexibility index (Phi) is 4.07. The number of Topliss-reactive ketones (excluding diaryl/α,β-unsaturated/α-hetero) is 1. The van der Waals surface area contributed by atoms with E-state index in [1.807, 2.05) is 0 Å². The van der Waals surface area contributed by atoms with Crippen molar-refractivity contribution in [3.8, 4) is 5.75 Å². The van der Waals surface area contributed by atoms with Gasteiger partial charge in [-0.25, -0.2) is 8.78 Å². The lowest BCUT2D eigenvalue weighted by Gasteiger charge is -2.11.